The molecule has 0 bridgehead atoms. The normalized spacial score (nSPS) is 14.7. The predicted molar refractivity (Wildman–Crippen MR) is 82.9 cm³/mol. The van der Waals surface area contributed by atoms with Crippen molar-refractivity contribution in [2.24, 2.45) is 0 Å². The van der Waals surface area contributed by atoms with Crippen LogP contribution in [0.4, 0.5) is 24.8 Å². The second-order valence-electron chi connectivity index (χ2n) is 5.50. The SMILES string of the molecule is O=C(Nc1cccc(C(F)(F)F)c1)c1cnc(N2CCCC2)nc1. The molecule has 1 fully saturated rings. The first-order valence-corrected chi connectivity index (χ1v) is 7.49. The van der Waals surface area contributed by atoms with Gasteiger partial charge in [-0.05, 0) is 31.0 Å². The molecule has 126 valence electrons. The van der Waals surface area contributed by atoms with E-state index in [-0.39, 0.29) is 11.3 Å². The van der Waals surface area contributed by atoms with E-state index >= 15 is 0 Å². The number of anilines is 2. The number of nitrogens with zero attached hydrogens (tertiary/aromatic N) is 3. The fraction of sp³-hybridized carbons (Fsp3) is 0.312. The Bertz CT molecular complexity index is 725. The molecule has 2 aromatic rings. The Morgan fingerprint density at radius 3 is 2.42 bits per heavy atom. The molecule has 1 aromatic carbocycles. The molecular weight excluding hydrogens is 321 g/mol. The largest absolute Gasteiger partial charge is 0.416 e. The number of alkyl halides is 3. The third kappa shape index (κ3) is 3.64. The quantitative estimate of drug-likeness (QED) is 0.934. The first kappa shape index (κ1) is 16.2. The monoisotopic (exact) mass is 336 g/mol. The van der Waals surface area contributed by atoms with Crippen LogP contribution in [0, 0.1) is 0 Å². The molecule has 0 atom stereocenters. The molecule has 24 heavy (non-hydrogen) atoms. The third-order valence-corrected chi connectivity index (χ3v) is 3.74. The topological polar surface area (TPSA) is 58.1 Å². The summed E-state index contributed by atoms with van der Waals surface area (Å²) in [6.07, 6.45) is 0.469. The zero-order valence-electron chi connectivity index (χ0n) is 12.7. The van der Waals surface area contributed by atoms with Gasteiger partial charge in [0.15, 0.2) is 0 Å². The van der Waals surface area contributed by atoms with Gasteiger partial charge >= 0.3 is 6.18 Å². The lowest BCUT2D eigenvalue weighted by Crippen LogP contribution is -2.21. The molecule has 0 saturated carbocycles. The fourth-order valence-corrected chi connectivity index (χ4v) is 2.50. The van der Waals surface area contributed by atoms with Crippen molar-refractivity contribution in [3.05, 3.63) is 47.8 Å². The van der Waals surface area contributed by atoms with Crippen molar-refractivity contribution in [2.75, 3.05) is 23.3 Å². The van der Waals surface area contributed by atoms with Gasteiger partial charge in [0.25, 0.3) is 5.91 Å². The lowest BCUT2D eigenvalue weighted by atomic mass is 10.2. The van der Waals surface area contributed by atoms with Crippen molar-refractivity contribution in [1.29, 1.82) is 0 Å². The average Bonchev–Trinajstić information content (AvgIpc) is 3.09. The number of nitrogens with one attached hydrogen (secondary N) is 1. The second-order valence-corrected chi connectivity index (χ2v) is 5.50. The highest BCUT2D eigenvalue weighted by Crippen LogP contribution is 2.30. The van der Waals surface area contributed by atoms with Crippen LogP contribution in [-0.2, 0) is 6.18 Å². The number of amides is 1. The van der Waals surface area contributed by atoms with Crippen molar-refractivity contribution in [2.45, 2.75) is 19.0 Å². The zero-order valence-corrected chi connectivity index (χ0v) is 12.7. The maximum atomic E-state index is 12.7. The second kappa shape index (κ2) is 6.46. The lowest BCUT2D eigenvalue weighted by molar-refractivity contribution is -0.137. The summed E-state index contributed by atoms with van der Waals surface area (Å²) < 4.78 is 38.0. The number of hydrogen-bond donors (Lipinski definition) is 1. The molecule has 1 saturated heterocycles. The standard InChI is InChI=1S/C16H15F3N4O/c17-16(18,19)12-4-3-5-13(8-12)22-14(24)11-9-20-15(21-10-11)23-6-1-2-7-23/h3-5,8-10H,1-2,6-7H2,(H,22,24). The first-order valence-electron chi connectivity index (χ1n) is 7.49. The van der Waals surface area contributed by atoms with Gasteiger partial charge in [-0.3, -0.25) is 4.79 Å². The predicted octanol–water partition coefficient (Wildman–Crippen LogP) is 3.35. The summed E-state index contributed by atoms with van der Waals surface area (Å²) in [5.41, 5.74) is -0.560. The van der Waals surface area contributed by atoms with Crippen LogP contribution in [0.5, 0.6) is 0 Å². The molecule has 0 aliphatic carbocycles. The van der Waals surface area contributed by atoms with Gasteiger partial charge in [-0.1, -0.05) is 6.07 Å². The summed E-state index contributed by atoms with van der Waals surface area (Å²) in [7, 11) is 0. The van der Waals surface area contributed by atoms with E-state index < -0.39 is 17.6 Å². The van der Waals surface area contributed by atoms with Crippen LogP contribution < -0.4 is 10.2 Å². The molecule has 0 unspecified atom stereocenters. The minimum absolute atomic E-state index is 0.0680. The van der Waals surface area contributed by atoms with Crippen LogP contribution in [0.2, 0.25) is 0 Å². The van der Waals surface area contributed by atoms with Crippen molar-refractivity contribution < 1.29 is 18.0 Å². The van der Waals surface area contributed by atoms with Gasteiger partial charge < -0.3 is 10.2 Å². The Morgan fingerprint density at radius 2 is 1.79 bits per heavy atom. The summed E-state index contributed by atoms with van der Waals surface area (Å²) >= 11 is 0. The van der Waals surface area contributed by atoms with Gasteiger partial charge in [0.05, 0.1) is 11.1 Å². The van der Waals surface area contributed by atoms with E-state index in [1.165, 1.54) is 24.5 Å². The molecule has 1 N–H and O–H groups in total. The molecule has 1 aliphatic heterocycles. The number of hydrogen-bond acceptors (Lipinski definition) is 4. The van der Waals surface area contributed by atoms with E-state index in [4.69, 9.17) is 0 Å². The van der Waals surface area contributed by atoms with Gasteiger partial charge in [0.2, 0.25) is 5.95 Å². The van der Waals surface area contributed by atoms with Gasteiger partial charge in [-0.25, -0.2) is 9.97 Å². The molecule has 3 rings (SSSR count). The van der Waals surface area contributed by atoms with Gasteiger partial charge in [-0.2, -0.15) is 13.2 Å². The molecule has 0 spiro atoms. The van der Waals surface area contributed by atoms with E-state index in [0.29, 0.717) is 5.95 Å². The van der Waals surface area contributed by atoms with Crippen molar-refractivity contribution in [3.63, 3.8) is 0 Å². The summed E-state index contributed by atoms with van der Waals surface area (Å²) in [5.74, 6) is 0.00501. The zero-order chi connectivity index (χ0) is 17.2. The molecule has 5 nitrogen and oxygen atoms in total. The Balaban J connectivity index is 1.70. The summed E-state index contributed by atoms with van der Waals surface area (Å²) in [6, 6.07) is 4.47. The van der Waals surface area contributed by atoms with Crippen molar-refractivity contribution in [3.8, 4) is 0 Å². The van der Waals surface area contributed by atoms with Crippen LogP contribution >= 0.6 is 0 Å². The van der Waals surface area contributed by atoms with Crippen molar-refractivity contribution >= 4 is 17.5 Å². The van der Waals surface area contributed by atoms with Crippen LogP contribution in [-0.4, -0.2) is 29.0 Å². The number of halogens is 3. The van der Waals surface area contributed by atoms with Crippen LogP contribution in [0.15, 0.2) is 36.7 Å². The maximum Gasteiger partial charge on any atom is 0.416 e. The molecular formula is C16H15F3N4O. The number of carbonyl (C=O) groups excluding carboxylic acids is 1. The van der Waals surface area contributed by atoms with Gasteiger partial charge in [-0.15, -0.1) is 0 Å². The van der Waals surface area contributed by atoms with E-state index in [1.54, 1.807) is 0 Å². The maximum absolute atomic E-state index is 12.7. The lowest BCUT2D eigenvalue weighted by Gasteiger charge is -2.14. The Morgan fingerprint density at radius 1 is 1.12 bits per heavy atom. The Labute approximate surface area is 136 Å². The van der Waals surface area contributed by atoms with Crippen LogP contribution in [0.1, 0.15) is 28.8 Å². The molecule has 0 radical (unpaired) electrons. The average molecular weight is 336 g/mol. The molecule has 1 aliphatic rings. The molecule has 1 amide bonds. The fourth-order valence-electron chi connectivity index (χ4n) is 2.50. The third-order valence-electron chi connectivity index (χ3n) is 3.74. The summed E-state index contributed by atoms with van der Waals surface area (Å²) in [5, 5.41) is 2.43. The minimum Gasteiger partial charge on any atom is -0.341 e. The van der Waals surface area contributed by atoms with Gasteiger partial charge in [0.1, 0.15) is 0 Å². The highest BCUT2D eigenvalue weighted by Gasteiger charge is 2.30. The number of carbonyl (C=O) groups is 1. The van der Waals surface area contributed by atoms with E-state index in [0.717, 1.165) is 38.1 Å². The summed E-state index contributed by atoms with van der Waals surface area (Å²) in [4.78, 5) is 22.5. The molecule has 2 heterocycles. The first-order chi connectivity index (χ1) is 11.4. The Hall–Kier alpha value is -2.64. The highest BCUT2D eigenvalue weighted by atomic mass is 19.4. The van der Waals surface area contributed by atoms with Crippen LogP contribution in [0.3, 0.4) is 0 Å². The number of rotatable bonds is 3. The Kier molecular flexibility index (Phi) is 4.37. The number of aromatic nitrogens is 2. The number of benzene rings is 1. The van der Waals surface area contributed by atoms with E-state index in [1.807, 2.05) is 4.90 Å². The summed E-state index contributed by atoms with van der Waals surface area (Å²) in [6.45, 7) is 1.77. The molecule has 1 aromatic heterocycles. The van der Waals surface area contributed by atoms with Crippen molar-refractivity contribution in [1.82, 2.24) is 9.97 Å². The van der Waals surface area contributed by atoms with Crippen LogP contribution in [0.25, 0.3) is 0 Å². The highest BCUT2D eigenvalue weighted by molar-refractivity contribution is 6.03. The van der Waals surface area contributed by atoms with E-state index in [2.05, 4.69) is 15.3 Å². The smallest absolute Gasteiger partial charge is 0.341 e. The molecule has 8 heteroatoms. The van der Waals surface area contributed by atoms with Gasteiger partial charge in [0, 0.05) is 31.2 Å². The minimum atomic E-state index is -4.46. The van der Waals surface area contributed by atoms with E-state index in [9.17, 15) is 18.0 Å².